The van der Waals surface area contributed by atoms with E-state index in [9.17, 15) is 9.59 Å². The molecular formula is C15H19NO4. The van der Waals surface area contributed by atoms with Crippen LogP contribution in [0.5, 0.6) is 0 Å². The molecule has 1 unspecified atom stereocenters. The summed E-state index contributed by atoms with van der Waals surface area (Å²) in [6, 6.07) is 8.58. The normalized spacial score (nSPS) is 11.2. The third kappa shape index (κ3) is 5.56. The van der Waals surface area contributed by atoms with Crippen molar-refractivity contribution in [1.29, 1.82) is 0 Å². The summed E-state index contributed by atoms with van der Waals surface area (Å²) >= 11 is 0. The number of esters is 1. The molecule has 1 rings (SSSR count). The van der Waals surface area contributed by atoms with Gasteiger partial charge in [-0.2, -0.15) is 0 Å². The van der Waals surface area contributed by atoms with E-state index < -0.39 is 18.1 Å². The standard InChI is InChI=1S/C15H19NO4/c1-3-4-10-13(14(17)19-2)16-15(18)20-11-12-8-6-5-7-9-12/h3,5-9,13H,1,4,10-11H2,2H3,(H,16,18). The molecular weight excluding hydrogens is 258 g/mol. The van der Waals surface area contributed by atoms with Crippen molar-refractivity contribution in [3.63, 3.8) is 0 Å². The van der Waals surface area contributed by atoms with Crippen molar-refractivity contribution in [2.45, 2.75) is 25.5 Å². The number of hydrogen-bond acceptors (Lipinski definition) is 4. The molecule has 1 atom stereocenters. The van der Waals surface area contributed by atoms with Gasteiger partial charge in [0.2, 0.25) is 0 Å². The van der Waals surface area contributed by atoms with Gasteiger partial charge in [0.15, 0.2) is 0 Å². The number of allylic oxidation sites excluding steroid dienone is 1. The Labute approximate surface area is 118 Å². The van der Waals surface area contributed by atoms with Gasteiger partial charge in [0.25, 0.3) is 0 Å². The summed E-state index contributed by atoms with van der Waals surface area (Å²) in [4.78, 5) is 23.1. The van der Waals surface area contributed by atoms with E-state index in [2.05, 4.69) is 16.6 Å². The molecule has 0 saturated heterocycles. The van der Waals surface area contributed by atoms with Crippen LogP contribution in [0.25, 0.3) is 0 Å². The molecule has 20 heavy (non-hydrogen) atoms. The van der Waals surface area contributed by atoms with Crippen LogP contribution in [0, 0.1) is 0 Å². The number of carbonyl (C=O) groups excluding carboxylic acids is 2. The third-order valence-corrected chi connectivity index (χ3v) is 2.65. The first-order chi connectivity index (χ1) is 9.67. The van der Waals surface area contributed by atoms with Crippen LogP contribution >= 0.6 is 0 Å². The Kier molecular flexibility index (Phi) is 6.89. The molecule has 0 heterocycles. The van der Waals surface area contributed by atoms with Crippen molar-refractivity contribution < 1.29 is 19.1 Å². The Balaban J connectivity index is 2.44. The summed E-state index contributed by atoms with van der Waals surface area (Å²) < 4.78 is 9.68. The maximum atomic E-state index is 11.6. The maximum absolute atomic E-state index is 11.6. The van der Waals surface area contributed by atoms with E-state index in [1.807, 2.05) is 30.3 Å². The third-order valence-electron chi connectivity index (χ3n) is 2.65. The van der Waals surface area contributed by atoms with Crippen molar-refractivity contribution in [3.8, 4) is 0 Å². The lowest BCUT2D eigenvalue weighted by molar-refractivity contribution is -0.143. The number of amides is 1. The Morgan fingerprint density at radius 2 is 2.05 bits per heavy atom. The van der Waals surface area contributed by atoms with Gasteiger partial charge in [0.05, 0.1) is 7.11 Å². The van der Waals surface area contributed by atoms with Gasteiger partial charge in [-0.3, -0.25) is 0 Å². The largest absolute Gasteiger partial charge is 0.467 e. The minimum atomic E-state index is -0.721. The van der Waals surface area contributed by atoms with Crippen LogP contribution in [0.15, 0.2) is 43.0 Å². The first kappa shape index (κ1) is 15.8. The molecule has 5 nitrogen and oxygen atoms in total. The molecule has 0 aromatic heterocycles. The average Bonchev–Trinajstić information content (AvgIpc) is 2.49. The number of rotatable bonds is 7. The van der Waals surface area contributed by atoms with Gasteiger partial charge in [-0.15, -0.1) is 6.58 Å². The summed E-state index contributed by atoms with van der Waals surface area (Å²) in [7, 11) is 1.28. The predicted octanol–water partition coefficient (Wildman–Crippen LogP) is 2.42. The van der Waals surface area contributed by atoms with Crippen molar-refractivity contribution in [1.82, 2.24) is 5.32 Å². The molecule has 0 aliphatic rings. The second-order valence-electron chi connectivity index (χ2n) is 4.15. The van der Waals surface area contributed by atoms with Gasteiger partial charge in [0.1, 0.15) is 12.6 Å². The van der Waals surface area contributed by atoms with Crippen molar-refractivity contribution >= 4 is 12.1 Å². The number of ether oxygens (including phenoxy) is 2. The zero-order valence-corrected chi connectivity index (χ0v) is 11.5. The van der Waals surface area contributed by atoms with Crippen LogP contribution in [0.3, 0.4) is 0 Å². The van der Waals surface area contributed by atoms with Crippen molar-refractivity contribution in [3.05, 3.63) is 48.6 Å². The van der Waals surface area contributed by atoms with E-state index in [1.54, 1.807) is 6.08 Å². The zero-order chi connectivity index (χ0) is 14.8. The van der Waals surface area contributed by atoms with E-state index in [4.69, 9.17) is 4.74 Å². The van der Waals surface area contributed by atoms with E-state index in [1.165, 1.54) is 7.11 Å². The Morgan fingerprint density at radius 3 is 2.65 bits per heavy atom. The van der Waals surface area contributed by atoms with Crippen LogP contribution in [-0.2, 0) is 20.9 Å². The molecule has 0 saturated carbocycles. The molecule has 0 aliphatic carbocycles. The monoisotopic (exact) mass is 277 g/mol. The van der Waals surface area contributed by atoms with Gasteiger partial charge in [-0.05, 0) is 18.4 Å². The van der Waals surface area contributed by atoms with Crippen LogP contribution in [0.1, 0.15) is 18.4 Å². The van der Waals surface area contributed by atoms with Crippen LogP contribution in [0.2, 0.25) is 0 Å². The first-order valence-electron chi connectivity index (χ1n) is 6.33. The molecule has 5 heteroatoms. The lowest BCUT2D eigenvalue weighted by atomic mass is 10.1. The Bertz CT molecular complexity index is 444. The average molecular weight is 277 g/mol. The Morgan fingerprint density at radius 1 is 1.35 bits per heavy atom. The molecule has 1 aromatic rings. The summed E-state index contributed by atoms with van der Waals surface area (Å²) in [6.07, 6.45) is 2.05. The number of alkyl carbamates (subject to hydrolysis) is 1. The van der Waals surface area contributed by atoms with Crippen LogP contribution in [0.4, 0.5) is 4.79 Å². The SMILES string of the molecule is C=CCCC(NC(=O)OCc1ccccc1)C(=O)OC. The number of hydrogen-bond donors (Lipinski definition) is 1. The second kappa shape index (κ2) is 8.74. The number of carbonyl (C=O) groups is 2. The van der Waals surface area contributed by atoms with E-state index in [-0.39, 0.29) is 6.61 Å². The second-order valence-corrected chi connectivity index (χ2v) is 4.15. The molecule has 1 amide bonds. The van der Waals surface area contributed by atoms with Gasteiger partial charge < -0.3 is 14.8 Å². The highest BCUT2D eigenvalue weighted by Gasteiger charge is 2.21. The van der Waals surface area contributed by atoms with Gasteiger partial charge in [-0.25, -0.2) is 9.59 Å². The molecule has 0 fully saturated rings. The summed E-state index contributed by atoms with van der Waals surface area (Å²) in [5, 5.41) is 2.49. The molecule has 0 aliphatic heterocycles. The van der Waals surface area contributed by atoms with Gasteiger partial charge >= 0.3 is 12.1 Å². The lowest BCUT2D eigenvalue weighted by Crippen LogP contribution is -2.41. The highest BCUT2D eigenvalue weighted by Crippen LogP contribution is 2.03. The topological polar surface area (TPSA) is 64.6 Å². The predicted molar refractivity (Wildman–Crippen MR) is 75.0 cm³/mol. The summed E-state index contributed by atoms with van der Waals surface area (Å²) in [6.45, 7) is 3.73. The van der Waals surface area contributed by atoms with E-state index >= 15 is 0 Å². The molecule has 108 valence electrons. The Hall–Kier alpha value is -2.30. The lowest BCUT2D eigenvalue weighted by Gasteiger charge is -2.15. The van der Waals surface area contributed by atoms with Crippen LogP contribution < -0.4 is 5.32 Å². The minimum absolute atomic E-state index is 0.155. The molecule has 1 aromatic carbocycles. The molecule has 0 spiro atoms. The van der Waals surface area contributed by atoms with E-state index in [0.29, 0.717) is 12.8 Å². The number of nitrogens with one attached hydrogen (secondary N) is 1. The first-order valence-corrected chi connectivity index (χ1v) is 6.33. The fraction of sp³-hybridized carbons (Fsp3) is 0.333. The van der Waals surface area contributed by atoms with Crippen LogP contribution in [-0.4, -0.2) is 25.2 Å². The quantitative estimate of drug-likeness (QED) is 0.614. The smallest absolute Gasteiger partial charge is 0.408 e. The molecule has 0 radical (unpaired) electrons. The fourth-order valence-electron chi connectivity index (χ4n) is 1.58. The fourth-order valence-corrected chi connectivity index (χ4v) is 1.58. The number of methoxy groups -OCH3 is 1. The van der Waals surface area contributed by atoms with Crippen molar-refractivity contribution in [2.24, 2.45) is 0 Å². The summed E-state index contributed by atoms with van der Waals surface area (Å²) in [5.74, 6) is -0.497. The zero-order valence-electron chi connectivity index (χ0n) is 11.5. The molecule has 1 N–H and O–H groups in total. The van der Waals surface area contributed by atoms with Crippen molar-refractivity contribution in [2.75, 3.05) is 7.11 Å². The summed E-state index contributed by atoms with van der Waals surface area (Å²) in [5.41, 5.74) is 0.878. The minimum Gasteiger partial charge on any atom is -0.467 e. The van der Waals surface area contributed by atoms with Gasteiger partial charge in [0, 0.05) is 0 Å². The highest BCUT2D eigenvalue weighted by atomic mass is 16.6. The maximum Gasteiger partial charge on any atom is 0.408 e. The van der Waals surface area contributed by atoms with Gasteiger partial charge in [-0.1, -0.05) is 36.4 Å². The molecule has 0 bridgehead atoms. The number of benzene rings is 1. The highest BCUT2D eigenvalue weighted by molar-refractivity contribution is 5.81. The van der Waals surface area contributed by atoms with E-state index in [0.717, 1.165) is 5.56 Å².